The van der Waals surface area contributed by atoms with Crippen molar-refractivity contribution in [1.82, 2.24) is 5.32 Å². The zero-order chi connectivity index (χ0) is 13.8. The molecule has 102 valence electrons. The molecule has 1 aliphatic carbocycles. The van der Waals surface area contributed by atoms with Crippen molar-refractivity contribution in [3.8, 4) is 0 Å². The third-order valence-electron chi connectivity index (χ3n) is 3.62. The fourth-order valence-electron chi connectivity index (χ4n) is 2.27. The molecule has 2 amide bonds. The van der Waals surface area contributed by atoms with Crippen LogP contribution in [0.3, 0.4) is 0 Å². The largest absolute Gasteiger partial charge is 0.366 e. The summed E-state index contributed by atoms with van der Waals surface area (Å²) in [5.74, 6) is 0.253. The average Bonchev–Trinajstić information content (AvgIpc) is 3.20. The summed E-state index contributed by atoms with van der Waals surface area (Å²) in [5.41, 5.74) is 6.65. The second-order valence-corrected chi connectivity index (χ2v) is 5.22. The predicted molar refractivity (Wildman–Crippen MR) is 73.6 cm³/mol. The van der Waals surface area contributed by atoms with Crippen LogP contribution in [-0.4, -0.2) is 17.9 Å². The first-order valence-electron chi connectivity index (χ1n) is 6.75. The van der Waals surface area contributed by atoms with Gasteiger partial charge in [-0.1, -0.05) is 18.2 Å². The van der Waals surface area contributed by atoms with Crippen molar-refractivity contribution in [2.45, 2.75) is 38.6 Å². The maximum atomic E-state index is 11.8. The van der Waals surface area contributed by atoms with E-state index in [1.165, 1.54) is 12.8 Å². The maximum absolute atomic E-state index is 11.8. The molecule has 3 N–H and O–H groups in total. The molecule has 0 radical (unpaired) electrons. The Morgan fingerprint density at radius 2 is 2.05 bits per heavy atom. The van der Waals surface area contributed by atoms with Crippen LogP contribution in [0.15, 0.2) is 24.3 Å². The SMILES string of the molecule is C[C@H](NC(=O)CCc1ccccc1C(N)=O)C1CC1. The zero-order valence-corrected chi connectivity index (χ0v) is 11.2. The molecular formula is C15H20N2O2. The van der Waals surface area contributed by atoms with Crippen molar-refractivity contribution in [2.75, 3.05) is 0 Å². The summed E-state index contributed by atoms with van der Waals surface area (Å²) in [7, 11) is 0. The summed E-state index contributed by atoms with van der Waals surface area (Å²) in [4.78, 5) is 23.1. The van der Waals surface area contributed by atoms with Gasteiger partial charge in [-0.15, -0.1) is 0 Å². The molecular weight excluding hydrogens is 240 g/mol. The molecule has 0 spiro atoms. The topological polar surface area (TPSA) is 72.2 Å². The quantitative estimate of drug-likeness (QED) is 0.816. The Kier molecular flexibility index (Phi) is 4.20. The van der Waals surface area contributed by atoms with Gasteiger partial charge in [-0.05, 0) is 43.7 Å². The van der Waals surface area contributed by atoms with E-state index in [0.717, 1.165) is 5.56 Å². The maximum Gasteiger partial charge on any atom is 0.248 e. The lowest BCUT2D eigenvalue weighted by molar-refractivity contribution is -0.121. The van der Waals surface area contributed by atoms with E-state index in [2.05, 4.69) is 5.32 Å². The Morgan fingerprint density at radius 1 is 1.37 bits per heavy atom. The van der Waals surface area contributed by atoms with Gasteiger partial charge in [0.05, 0.1) is 0 Å². The number of benzene rings is 1. The van der Waals surface area contributed by atoms with E-state index in [1.807, 2.05) is 19.1 Å². The van der Waals surface area contributed by atoms with Crippen LogP contribution in [0.1, 0.15) is 42.1 Å². The molecule has 1 atom stereocenters. The summed E-state index contributed by atoms with van der Waals surface area (Å²) in [6, 6.07) is 7.43. The molecule has 1 aromatic rings. The Bertz CT molecular complexity index is 481. The van der Waals surface area contributed by atoms with E-state index in [1.54, 1.807) is 12.1 Å². The number of hydrogen-bond donors (Lipinski definition) is 2. The third kappa shape index (κ3) is 3.81. The fourth-order valence-corrected chi connectivity index (χ4v) is 2.27. The molecule has 4 nitrogen and oxygen atoms in total. The molecule has 1 fully saturated rings. The minimum absolute atomic E-state index is 0.0404. The summed E-state index contributed by atoms with van der Waals surface area (Å²) in [6.45, 7) is 2.05. The minimum atomic E-state index is -0.442. The van der Waals surface area contributed by atoms with E-state index in [0.29, 0.717) is 24.3 Å². The highest BCUT2D eigenvalue weighted by Gasteiger charge is 2.28. The number of rotatable bonds is 6. The van der Waals surface area contributed by atoms with Gasteiger partial charge in [0.2, 0.25) is 11.8 Å². The first-order chi connectivity index (χ1) is 9.08. The van der Waals surface area contributed by atoms with Gasteiger partial charge in [0.15, 0.2) is 0 Å². The average molecular weight is 260 g/mol. The lowest BCUT2D eigenvalue weighted by Crippen LogP contribution is -2.34. The third-order valence-corrected chi connectivity index (χ3v) is 3.62. The van der Waals surface area contributed by atoms with E-state index in [4.69, 9.17) is 5.73 Å². The Balaban J connectivity index is 1.87. The van der Waals surface area contributed by atoms with Gasteiger partial charge in [0.25, 0.3) is 0 Å². The van der Waals surface area contributed by atoms with Gasteiger partial charge in [-0.25, -0.2) is 0 Å². The van der Waals surface area contributed by atoms with Crippen molar-refractivity contribution in [1.29, 1.82) is 0 Å². The standard InChI is InChI=1S/C15H20N2O2/c1-10(11-6-7-11)17-14(18)9-8-12-4-2-3-5-13(12)15(16)19/h2-5,10-11H,6-9H2,1H3,(H2,16,19)(H,17,18)/t10-/m0/s1. The molecule has 0 bridgehead atoms. The van der Waals surface area contributed by atoms with Crippen LogP contribution < -0.4 is 11.1 Å². The van der Waals surface area contributed by atoms with Gasteiger partial charge in [0, 0.05) is 18.0 Å². The molecule has 4 heteroatoms. The van der Waals surface area contributed by atoms with Crippen LogP contribution in [0.5, 0.6) is 0 Å². The fraction of sp³-hybridized carbons (Fsp3) is 0.467. The van der Waals surface area contributed by atoms with Gasteiger partial charge < -0.3 is 11.1 Å². The first kappa shape index (κ1) is 13.6. The smallest absolute Gasteiger partial charge is 0.248 e. The number of primary amides is 1. The highest BCUT2D eigenvalue weighted by Crippen LogP contribution is 2.32. The van der Waals surface area contributed by atoms with Gasteiger partial charge in [-0.3, -0.25) is 9.59 Å². The molecule has 1 aliphatic rings. The molecule has 19 heavy (non-hydrogen) atoms. The number of aryl methyl sites for hydroxylation is 1. The van der Waals surface area contributed by atoms with Crippen molar-refractivity contribution in [3.05, 3.63) is 35.4 Å². The zero-order valence-electron chi connectivity index (χ0n) is 11.2. The highest BCUT2D eigenvalue weighted by molar-refractivity contribution is 5.94. The van der Waals surface area contributed by atoms with Crippen LogP contribution in [0.25, 0.3) is 0 Å². The summed E-state index contributed by atoms with van der Waals surface area (Å²) in [5, 5.41) is 3.01. The molecule has 0 aromatic heterocycles. The van der Waals surface area contributed by atoms with Gasteiger partial charge >= 0.3 is 0 Å². The van der Waals surface area contributed by atoms with Crippen molar-refractivity contribution < 1.29 is 9.59 Å². The minimum Gasteiger partial charge on any atom is -0.366 e. The second-order valence-electron chi connectivity index (χ2n) is 5.22. The number of carbonyl (C=O) groups is 2. The highest BCUT2D eigenvalue weighted by atomic mass is 16.2. The summed E-state index contributed by atoms with van der Waals surface area (Å²) >= 11 is 0. The lowest BCUT2D eigenvalue weighted by atomic mass is 10.0. The molecule has 2 rings (SSSR count). The van der Waals surface area contributed by atoms with Crippen LogP contribution in [0, 0.1) is 5.92 Å². The molecule has 0 saturated heterocycles. The van der Waals surface area contributed by atoms with Crippen LogP contribution in [0.4, 0.5) is 0 Å². The van der Waals surface area contributed by atoms with E-state index < -0.39 is 5.91 Å². The van der Waals surface area contributed by atoms with Crippen molar-refractivity contribution in [3.63, 3.8) is 0 Å². The van der Waals surface area contributed by atoms with Crippen LogP contribution in [-0.2, 0) is 11.2 Å². The summed E-state index contributed by atoms with van der Waals surface area (Å²) in [6.07, 6.45) is 3.36. The second kappa shape index (κ2) is 5.87. The first-order valence-corrected chi connectivity index (χ1v) is 6.75. The predicted octanol–water partition coefficient (Wildman–Crippen LogP) is 1.63. The molecule has 0 unspecified atom stereocenters. The Morgan fingerprint density at radius 3 is 2.68 bits per heavy atom. The number of carbonyl (C=O) groups excluding carboxylic acids is 2. The normalized spacial score (nSPS) is 15.8. The molecule has 1 saturated carbocycles. The lowest BCUT2D eigenvalue weighted by Gasteiger charge is -2.13. The van der Waals surface area contributed by atoms with Crippen LogP contribution in [0.2, 0.25) is 0 Å². The Hall–Kier alpha value is -1.84. The number of hydrogen-bond acceptors (Lipinski definition) is 2. The van der Waals surface area contributed by atoms with Gasteiger partial charge in [0.1, 0.15) is 0 Å². The molecule has 0 aliphatic heterocycles. The number of amides is 2. The van der Waals surface area contributed by atoms with E-state index in [-0.39, 0.29) is 11.9 Å². The van der Waals surface area contributed by atoms with Gasteiger partial charge in [-0.2, -0.15) is 0 Å². The van der Waals surface area contributed by atoms with Crippen molar-refractivity contribution >= 4 is 11.8 Å². The number of nitrogens with one attached hydrogen (secondary N) is 1. The van der Waals surface area contributed by atoms with Crippen LogP contribution >= 0.6 is 0 Å². The van der Waals surface area contributed by atoms with E-state index >= 15 is 0 Å². The van der Waals surface area contributed by atoms with E-state index in [9.17, 15) is 9.59 Å². The molecule has 1 aromatic carbocycles. The summed E-state index contributed by atoms with van der Waals surface area (Å²) < 4.78 is 0. The molecule has 0 heterocycles. The Labute approximate surface area is 113 Å². The van der Waals surface area contributed by atoms with Crippen molar-refractivity contribution in [2.24, 2.45) is 11.7 Å². The number of nitrogens with two attached hydrogens (primary N) is 1. The monoisotopic (exact) mass is 260 g/mol.